The van der Waals surface area contributed by atoms with Crippen molar-refractivity contribution >= 4 is 21.9 Å². The number of rotatable bonds is 2. The predicted molar refractivity (Wildman–Crippen MR) is 53.5 cm³/mol. The summed E-state index contributed by atoms with van der Waals surface area (Å²) in [5.74, 6) is -0.324. The Kier molecular flexibility index (Phi) is 2.50. The molecule has 0 radical (unpaired) electrons. The van der Waals surface area contributed by atoms with Crippen LogP contribution in [0.3, 0.4) is 0 Å². The highest BCUT2D eigenvalue weighted by Crippen LogP contribution is 2.28. The summed E-state index contributed by atoms with van der Waals surface area (Å²) in [4.78, 5) is 11.3. The average molecular weight is 260 g/mol. The fourth-order valence-electron chi connectivity index (χ4n) is 1.47. The van der Waals surface area contributed by atoms with Crippen molar-refractivity contribution in [2.24, 2.45) is 0 Å². The lowest BCUT2D eigenvalue weighted by atomic mass is 10.2. The second-order valence-corrected chi connectivity index (χ2v) is 3.81. The van der Waals surface area contributed by atoms with Crippen LogP contribution in [0.2, 0.25) is 0 Å². The van der Waals surface area contributed by atoms with Crippen molar-refractivity contribution in [3.8, 4) is 0 Å². The Hall–Kier alpha value is -0.970. The van der Waals surface area contributed by atoms with Crippen LogP contribution in [0.5, 0.6) is 0 Å². The second-order valence-electron chi connectivity index (χ2n) is 3.02. The molecule has 2 rings (SSSR count). The van der Waals surface area contributed by atoms with Crippen molar-refractivity contribution < 1.29 is 14.3 Å². The molecule has 2 aliphatic heterocycles. The van der Waals surface area contributed by atoms with Crippen LogP contribution >= 0.6 is 15.9 Å². The summed E-state index contributed by atoms with van der Waals surface area (Å²) < 4.78 is 10.9. The summed E-state index contributed by atoms with van der Waals surface area (Å²) in [6, 6.07) is 0.0452. The van der Waals surface area contributed by atoms with Gasteiger partial charge in [-0.25, -0.2) is 4.79 Å². The van der Waals surface area contributed by atoms with Crippen LogP contribution in [0.15, 0.2) is 22.5 Å². The molecule has 0 saturated heterocycles. The number of ether oxygens (including phenoxy) is 2. The lowest BCUT2D eigenvalue weighted by Crippen LogP contribution is -2.29. The minimum absolute atomic E-state index is 0.0452. The molecule has 0 amide bonds. The van der Waals surface area contributed by atoms with Crippen LogP contribution in [-0.2, 0) is 14.3 Å². The molecule has 0 aliphatic carbocycles. The Bertz CT molecular complexity index is 324. The highest BCUT2D eigenvalue weighted by molar-refractivity contribution is 9.11. The van der Waals surface area contributed by atoms with Crippen molar-refractivity contribution in [3.05, 3.63) is 22.5 Å². The van der Waals surface area contributed by atoms with Gasteiger partial charge in [0.1, 0.15) is 11.8 Å². The Labute approximate surface area is 90.1 Å². The highest BCUT2D eigenvalue weighted by atomic mass is 79.9. The molecular formula is C9H10BrNO3. The normalized spacial score (nSPS) is 28.4. The Balaban J connectivity index is 2.01. The van der Waals surface area contributed by atoms with E-state index in [0.717, 1.165) is 0 Å². The zero-order chi connectivity index (χ0) is 10.1. The van der Waals surface area contributed by atoms with E-state index >= 15 is 0 Å². The van der Waals surface area contributed by atoms with Crippen LogP contribution in [0.1, 0.15) is 6.92 Å². The molecule has 14 heavy (non-hydrogen) atoms. The maximum atomic E-state index is 11.3. The van der Waals surface area contributed by atoms with Gasteiger partial charge in [0.15, 0.2) is 4.67 Å². The number of fused-ring (bicyclic) bond motifs is 1. The number of halogens is 1. The van der Waals surface area contributed by atoms with E-state index < -0.39 is 0 Å². The third-order valence-corrected chi connectivity index (χ3v) is 2.51. The number of hydrogen-bond donors (Lipinski definition) is 1. The lowest BCUT2D eigenvalue weighted by molar-refractivity contribution is -0.138. The van der Waals surface area contributed by atoms with Gasteiger partial charge in [-0.3, -0.25) is 0 Å². The molecule has 2 atom stereocenters. The van der Waals surface area contributed by atoms with Crippen molar-refractivity contribution in [2.75, 3.05) is 6.61 Å². The van der Waals surface area contributed by atoms with Gasteiger partial charge in [-0.05, 0) is 35.0 Å². The van der Waals surface area contributed by atoms with Crippen molar-refractivity contribution in [1.82, 2.24) is 5.32 Å². The van der Waals surface area contributed by atoms with E-state index in [1.807, 2.05) is 6.08 Å². The molecule has 0 aromatic heterocycles. The highest BCUT2D eigenvalue weighted by Gasteiger charge is 2.35. The van der Waals surface area contributed by atoms with E-state index in [1.54, 1.807) is 13.0 Å². The first-order valence-electron chi connectivity index (χ1n) is 4.40. The summed E-state index contributed by atoms with van der Waals surface area (Å²) in [5.41, 5.74) is 0.484. The molecule has 0 bridgehead atoms. The van der Waals surface area contributed by atoms with Gasteiger partial charge in [-0.1, -0.05) is 0 Å². The standard InChI is InChI=1S/C9H10BrNO3/c1-2-13-9(12)6-3-7-5(11-6)4-8(10)14-7/h3-5,7,11H,2H2,1H3/t5-,7+/m0/s1. The van der Waals surface area contributed by atoms with Crippen LogP contribution in [0.25, 0.3) is 0 Å². The number of carbonyl (C=O) groups excluding carboxylic acids is 1. The van der Waals surface area contributed by atoms with Crippen molar-refractivity contribution in [1.29, 1.82) is 0 Å². The molecule has 2 aliphatic rings. The largest absolute Gasteiger partial charge is 0.477 e. The van der Waals surface area contributed by atoms with E-state index in [1.165, 1.54) is 0 Å². The molecule has 2 heterocycles. The van der Waals surface area contributed by atoms with E-state index in [2.05, 4.69) is 21.2 Å². The first-order chi connectivity index (χ1) is 6.70. The van der Waals surface area contributed by atoms with E-state index in [9.17, 15) is 4.79 Å². The topological polar surface area (TPSA) is 47.6 Å². The van der Waals surface area contributed by atoms with E-state index in [0.29, 0.717) is 17.0 Å². The van der Waals surface area contributed by atoms with Crippen LogP contribution < -0.4 is 5.32 Å². The third kappa shape index (κ3) is 1.64. The number of carbonyl (C=O) groups is 1. The molecule has 0 fully saturated rings. The van der Waals surface area contributed by atoms with E-state index in [-0.39, 0.29) is 18.1 Å². The average Bonchev–Trinajstić information content (AvgIpc) is 2.61. The van der Waals surface area contributed by atoms with Crippen molar-refractivity contribution in [2.45, 2.75) is 19.1 Å². The first kappa shape index (κ1) is 9.58. The molecule has 76 valence electrons. The zero-order valence-corrected chi connectivity index (χ0v) is 9.21. The van der Waals surface area contributed by atoms with Gasteiger partial charge in [-0.2, -0.15) is 0 Å². The molecule has 1 N–H and O–H groups in total. The smallest absolute Gasteiger partial charge is 0.354 e. The summed E-state index contributed by atoms with van der Waals surface area (Å²) in [6.07, 6.45) is 3.53. The summed E-state index contributed by atoms with van der Waals surface area (Å²) in [6.45, 7) is 2.16. The van der Waals surface area contributed by atoms with Gasteiger partial charge in [0.2, 0.25) is 0 Å². The second kappa shape index (κ2) is 3.65. The van der Waals surface area contributed by atoms with Gasteiger partial charge in [0, 0.05) is 0 Å². The SMILES string of the molecule is CCOC(=O)C1=C[C@H]2OC(Br)=C[C@@H]2N1. The van der Waals surface area contributed by atoms with Gasteiger partial charge >= 0.3 is 5.97 Å². The zero-order valence-electron chi connectivity index (χ0n) is 7.62. The maximum absolute atomic E-state index is 11.3. The molecule has 4 nitrogen and oxygen atoms in total. The molecule has 0 spiro atoms. The quantitative estimate of drug-likeness (QED) is 0.753. The third-order valence-electron chi connectivity index (χ3n) is 2.06. The Morgan fingerprint density at radius 3 is 3.14 bits per heavy atom. The van der Waals surface area contributed by atoms with Gasteiger partial charge < -0.3 is 14.8 Å². The Morgan fingerprint density at radius 2 is 2.50 bits per heavy atom. The molecule has 0 aromatic rings. The summed E-state index contributed by atoms with van der Waals surface area (Å²) in [5, 5.41) is 3.02. The molecular weight excluding hydrogens is 250 g/mol. The fourth-order valence-corrected chi connectivity index (χ4v) is 1.97. The molecule has 0 aromatic carbocycles. The van der Waals surface area contributed by atoms with Crippen LogP contribution in [0, 0.1) is 0 Å². The number of hydrogen-bond acceptors (Lipinski definition) is 4. The van der Waals surface area contributed by atoms with Gasteiger partial charge in [-0.15, -0.1) is 0 Å². The summed E-state index contributed by atoms with van der Waals surface area (Å²) >= 11 is 3.23. The van der Waals surface area contributed by atoms with Gasteiger partial charge in [0.25, 0.3) is 0 Å². The fraction of sp³-hybridized carbons (Fsp3) is 0.444. The molecule has 5 heteroatoms. The number of esters is 1. The van der Waals surface area contributed by atoms with Gasteiger partial charge in [0.05, 0.1) is 12.6 Å². The van der Waals surface area contributed by atoms with Crippen LogP contribution in [-0.4, -0.2) is 24.7 Å². The molecule has 0 saturated carbocycles. The minimum atomic E-state index is -0.324. The first-order valence-corrected chi connectivity index (χ1v) is 5.19. The molecule has 0 unspecified atom stereocenters. The maximum Gasteiger partial charge on any atom is 0.354 e. The van der Waals surface area contributed by atoms with Crippen LogP contribution in [0.4, 0.5) is 0 Å². The minimum Gasteiger partial charge on any atom is -0.477 e. The number of nitrogens with one attached hydrogen (secondary N) is 1. The van der Waals surface area contributed by atoms with Crippen molar-refractivity contribution in [3.63, 3.8) is 0 Å². The predicted octanol–water partition coefficient (Wildman–Crippen LogP) is 1.04. The van der Waals surface area contributed by atoms with E-state index in [4.69, 9.17) is 9.47 Å². The lowest BCUT2D eigenvalue weighted by Gasteiger charge is -2.08. The Morgan fingerprint density at radius 1 is 1.71 bits per heavy atom. The monoisotopic (exact) mass is 259 g/mol. The summed E-state index contributed by atoms with van der Waals surface area (Å²) in [7, 11) is 0.